The molecule has 118 valence electrons. The monoisotopic (exact) mass is 319 g/mol. The Hall–Kier alpha value is -1.44. The summed E-state index contributed by atoms with van der Waals surface area (Å²) in [4.78, 5) is 17.8. The number of rotatable bonds is 3. The highest BCUT2D eigenvalue weighted by Crippen LogP contribution is 2.37. The van der Waals surface area contributed by atoms with Gasteiger partial charge in [0.05, 0.1) is 18.3 Å². The van der Waals surface area contributed by atoms with Crippen molar-refractivity contribution in [2.45, 2.75) is 31.8 Å². The first-order valence-electron chi connectivity index (χ1n) is 7.87. The fourth-order valence-electron chi connectivity index (χ4n) is 3.60. The molecule has 0 bridgehead atoms. The maximum atomic E-state index is 12.4. The van der Waals surface area contributed by atoms with Crippen LogP contribution in [0.4, 0.5) is 0 Å². The van der Waals surface area contributed by atoms with E-state index in [1.54, 1.807) is 11.3 Å². The van der Waals surface area contributed by atoms with E-state index in [0.29, 0.717) is 12.0 Å². The Balaban J connectivity index is 1.33. The lowest BCUT2D eigenvalue weighted by molar-refractivity contribution is -0.123. The fourth-order valence-corrected chi connectivity index (χ4v) is 4.32. The summed E-state index contributed by atoms with van der Waals surface area (Å²) in [5.74, 6) is 0.103. The molecule has 0 aromatic carbocycles. The predicted octanol–water partition coefficient (Wildman–Crippen LogP) is 0.744. The first kappa shape index (κ1) is 14.2. The average Bonchev–Trinajstić information content (AvgIpc) is 3.20. The van der Waals surface area contributed by atoms with Crippen molar-refractivity contribution in [3.8, 4) is 0 Å². The van der Waals surface area contributed by atoms with E-state index in [0.717, 1.165) is 36.7 Å². The summed E-state index contributed by atoms with van der Waals surface area (Å²) in [5.41, 5.74) is 1.24. The lowest BCUT2D eigenvalue weighted by atomic mass is 9.77. The molecule has 1 atom stereocenters. The van der Waals surface area contributed by atoms with Crippen LogP contribution >= 0.6 is 11.3 Å². The lowest BCUT2D eigenvalue weighted by Crippen LogP contribution is -2.40. The van der Waals surface area contributed by atoms with Crippen LogP contribution in [0, 0.1) is 5.41 Å². The van der Waals surface area contributed by atoms with Crippen molar-refractivity contribution in [1.82, 2.24) is 25.3 Å². The van der Waals surface area contributed by atoms with Crippen LogP contribution in [0.3, 0.4) is 0 Å². The van der Waals surface area contributed by atoms with Gasteiger partial charge in [0.25, 0.3) is 0 Å². The van der Waals surface area contributed by atoms with Crippen molar-refractivity contribution in [3.63, 3.8) is 0 Å². The van der Waals surface area contributed by atoms with E-state index >= 15 is 0 Å². The molecule has 2 fully saturated rings. The molecule has 22 heavy (non-hydrogen) atoms. The van der Waals surface area contributed by atoms with Gasteiger partial charge in [-0.1, -0.05) is 0 Å². The van der Waals surface area contributed by atoms with E-state index < -0.39 is 0 Å². The van der Waals surface area contributed by atoms with Crippen LogP contribution in [0.25, 0.3) is 4.96 Å². The van der Waals surface area contributed by atoms with Gasteiger partial charge in [0.15, 0.2) is 4.96 Å². The molecule has 2 saturated heterocycles. The number of aromatic nitrogens is 2. The van der Waals surface area contributed by atoms with Gasteiger partial charge in [0.2, 0.25) is 5.91 Å². The Kier molecular flexibility index (Phi) is 3.63. The molecule has 0 saturated carbocycles. The van der Waals surface area contributed by atoms with Gasteiger partial charge in [0.1, 0.15) is 0 Å². The fraction of sp³-hybridized carbons (Fsp3) is 0.600. The number of carbonyl (C=O) groups excluding carboxylic acids is 1. The topological polar surface area (TPSA) is 70.5 Å². The van der Waals surface area contributed by atoms with E-state index in [9.17, 15) is 4.79 Å². The number of piperidine rings is 1. The molecule has 1 unspecified atom stereocenters. The molecule has 2 aliphatic heterocycles. The van der Waals surface area contributed by atoms with Gasteiger partial charge in [-0.3, -0.25) is 9.20 Å². The number of nitrogens with one attached hydrogen (secondary N) is 3. The highest BCUT2D eigenvalue weighted by atomic mass is 32.1. The quantitative estimate of drug-likeness (QED) is 0.780. The maximum Gasteiger partial charge on any atom is 0.237 e. The van der Waals surface area contributed by atoms with E-state index in [4.69, 9.17) is 0 Å². The van der Waals surface area contributed by atoms with Gasteiger partial charge >= 0.3 is 0 Å². The molecule has 4 rings (SSSR count). The van der Waals surface area contributed by atoms with Crippen LogP contribution in [0.15, 0.2) is 17.8 Å². The van der Waals surface area contributed by atoms with Gasteiger partial charge in [-0.25, -0.2) is 4.98 Å². The first-order chi connectivity index (χ1) is 10.7. The van der Waals surface area contributed by atoms with Crippen molar-refractivity contribution in [2.75, 3.05) is 19.6 Å². The Morgan fingerprint density at radius 1 is 1.50 bits per heavy atom. The third kappa shape index (κ3) is 2.64. The van der Waals surface area contributed by atoms with Gasteiger partial charge in [0, 0.05) is 24.3 Å². The standard InChI is InChI=1S/C15H21N5OS/c21-13(12-7-15(10-18-12)1-3-16-4-2-15)17-8-11-9-20-5-6-22-14(20)19-11/h5-6,9,12,16,18H,1-4,7-8,10H2,(H,17,21). The molecule has 1 spiro atoms. The van der Waals surface area contributed by atoms with Gasteiger partial charge < -0.3 is 16.0 Å². The minimum Gasteiger partial charge on any atom is -0.349 e. The average molecular weight is 319 g/mol. The van der Waals surface area contributed by atoms with E-state index in [1.807, 2.05) is 22.2 Å². The molecule has 3 N–H and O–H groups in total. The van der Waals surface area contributed by atoms with Crippen LogP contribution in [0.1, 0.15) is 25.0 Å². The zero-order chi connectivity index (χ0) is 15.0. The maximum absolute atomic E-state index is 12.4. The number of imidazole rings is 1. The van der Waals surface area contributed by atoms with Gasteiger partial charge in [-0.2, -0.15) is 0 Å². The van der Waals surface area contributed by atoms with Crippen LogP contribution in [0.5, 0.6) is 0 Å². The summed E-state index contributed by atoms with van der Waals surface area (Å²) in [6, 6.07) is -0.0539. The van der Waals surface area contributed by atoms with Crippen molar-refractivity contribution < 1.29 is 4.79 Å². The molecule has 6 nitrogen and oxygen atoms in total. The third-order valence-corrected chi connectivity index (χ3v) is 5.70. The second-order valence-corrected chi connectivity index (χ2v) is 7.30. The molecule has 4 heterocycles. The second kappa shape index (κ2) is 5.64. The van der Waals surface area contributed by atoms with E-state index in [-0.39, 0.29) is 11.9 Å². The number of thiazole rings is 1. The smallest absolute Gasteiger partial charge is 0.237 e. The van der Waals surface area contributed by atoms with Crippen LogP contribution in [-0.2, 0) is 11.3 Å². The predicted molar refractivity (Wildman–Crippen MR) is 85.9 cm³/mol. The summed E-state index contributed by atoms with van der Waals surface area (Å²) < 4.78 is 1.99. The van der Waals surface area contributed by atoms with Crippen molar-refractivity contribution >= 4 is 22.2 Å². The molecular formula is C15H21N5OS. The Labute approximate surface area is 133 Å². The summed E-state index contributed by atoms with van der Waals surface area (Å²) in [5, 5.41) is 11.8. The minimum absolute atomic E-state index is 0.0539. The zero-order valence-corrected chi connectivity index (χ0v) is 13.3. The normalized spacial score (nSPS) is 24.1. The van der Waals surface area contributed by atoms with Crippen LogP contribution in [0.2, 0.25) is 0 Å². The van der Waals surface area contributed by atoms with E-state index in [1.165, 1.54) is 12.8 Å². The summed E-state index contributed by atoms with van der Waals surface area (Å²) in [6.07, 6.45) is 7.25. The van der Waals surface area contributed by atoms with E-state index in [2.05, 4.69) is 20.9 Å². The van der Waals surface area contributed by atoms with Crippen LogP contribution in [-0.4, -0.2) is 41.0 Å². The van der Waals surface area contributed by atoms with Gasteiger partial charge in [-0.05, 0) is 37.8 Å². The molecular weight excluding hydrogens is 298 g/mol. The molecule has 2 aromatic heterocycles. The Morgan fingerprint density at radius 2 is 2.36 bits per heavy atom. The zero-order valence-electron chi connectivity index (χ0n) is 12.5. The van der Waals surface area contributed by atoms with Crippen molar-refractivity contribution in [2.24, 2.45) is 5.41 Å². The summed E-state index contributed by atoms with van der Waals surface area (Å²) >= 11 is 1.60. The van der Waals surface area contributed by atoms with Crippen molar-refractivity contribution in [1.29, 1.82) is 0 Å². The minimum atomic E-state index is -0.0539. The molecule has 0 radical (unpaired) electrons. The number of fused-ring (bicyclic) bond motifs is 1. The van der Waals surface area contributed by atoms with Crippen LogP contribution < -0.4 is 16.0 Å². The number of hydrogen-bond acceptors (Lipinski definition) is 5. The summed E-state index contributed by atoms with van der Waals surface area (Å²) in [7, 11) is 0. The molecule has 0 aliphatic carbocycles. The molecule has 2 aromatic rings. The SMILES string of the molecule is O=C(NCc1cn2ccsc2n1)C1CC2(CCNCC2)CN1. The molecule has 2 aliphatic rings. The number of carbonyl (C=O) groups is 1. The highest BCUT2D eigenvalue weighted by molar-refractivity contribution is 7.15. The Bertz CT molecular complexity index is 644. The largest absolute Gasteiger partial charge is 0.349 e. The van der Waals surface area contributed by atoms with Gasteiger partial charge in [-0.15, -0.1) is 11.3 Å². The number of amides is 1. The third-order valence-electron chi connectivity index (χ3n) is 4.93. The Morgan fingerprint density at radius 3 is 3.18 bits per heavy atom. The first-order valence-corrected chi connectivity index (χ1v) is 8.75. The van der Waals surface area contributed by atoms with Crippen molar-refractivity contribution in [3.05, 3.63) is 23.5 Å². The molecule has 7 heteroatoms. The molecule has 1 amide bonds. The number of nitrogens with zero attached hydrogens (tertiary/aromatic N) is 2. The highest BCUT2D eigenvalue weighted by Gasteiger charge is 2.41. The lowest BCUT2D eigenvalue weighted by Gasteiger charge is -2.33. The number of hydrogen-bond donors (Lipinski definition) is 3. The second-order valence-electron chi connectivity index (χ2n) is 6.43. The summed E-state index contributed by atoms with van der Waals surface area (Å²) in [6.45, 7) is 3.61.